The first kappa shape index (κ1) is 18.1. The molecule has 2 aromatic carbocycles. The number of aromatic nitrogens is 2. The SMILES string of the molecule is O=C(NCCNC(=O)c1ccc(=O)[nH]n1)c1ccc(-c2ccccc2)cc1. The zero-order valence-electron chi connectivity index (χ0n) is 14.4. The van der Waals surface area contributed by atoms with E-state index >= 15 is 0 Å². The molecule has 0 aliphatic carbocycles. The molecule has 0 fully saturated rings. The van der Waals surface area contributed by atoms with Crippen LogP contribution in [0, 0.1) is 0 Å². The number of nitrogens with zero attached hydrogens (tertiary/aromatic N) is 1. The Bertz CT molecular complexity index is 962. The third-order valence-electron chi connectivity index (χ3n) is 3.86. The van der Waals surface area contributed by atoms with E-state index in [-0.39, 0.29) is 30.2 Å². The van der Waals surface area contributed by atoms with Crippen LogP contribution in [0.15, 0.2) is 71.5 Å². The van der Waals surface area contributed by atoms with Crippen LogP contribution < -0.4 is 16.2 Å². The highest BCUT2D eigenvalue weighted by atomic mass is 16.2. The van der Waals surface area contributed by atoms with Crippen LogP contribution in [0.4, 0.5) is 0 Å². The smallest absolute Gasteiger partial charge is 0.271 e. The molecule has 0 unspecified atom stereocenters. The number of amides is 2. The Labute approximate surface area is 155 Å². The summed E-state index contributed by atoms with van der Waals surface area (Å²) in [6, 6.07) is 19.8. The van der Waals surface area contributed by atoms with Crippen molar-refractivity contribution in [1.82, 2.24) is 20.8 Å². The summed E-state index contributed by atoms with van der Waals surface area (Å²) in [5, 5.41) is 11.2. The number of hydrogen-bond donors (Lipinski definition) is 3. The molecule has 7 nitrogen and oxygen atoms in total. The number of rotatable bonds is 6. The quantitative estimate of drug-likeness (QED) is 0.579. The summed E-state index contributed by atoms with van der Waals surface area (Å²) >= 11 is 0. The van der Waals surface area contributed by atoms with Crippen molar-refractivity contribution in [1.29, 1.82) is 0 Å². The van der Waals surface area contributed by atoms with E-state index in [0.29, 0.717) is 5.56 Å². The molecule has 0 aliphatic heterocycles. The topological polar surface area (TPSA) is 104 Å². The number of carbonyl (C=O) groups excluding carboxylic acids is 2. The van der Waals surface area contributed by atoms with Gasteiger partial charge in [0.25, 0.3) is 17.4 Å². The van der Waals surface area contributed by atoms with Gasteiger partial charge in [-0.05, 0) is 29.3 Å². The lowest BCUT2D eigenvalue weighted by atomic mass is 10.0. The van der Waals surface area contributed by atoms with Gasteiger partial charge < -0.3 is 10.6 Å². The molecule has 2 amide bonds. The maximum Gasteiger partial charge on any atom is 0.271 e. The van der Waals surface area contributed by atoms with Gasteiger partial charge in [0, 0.05) is 24.7 Å². The van der Waals surface area contributed by atoms with E-state index in [1.54, 1.807) is 12.1 Å². The Kier molecular flexibility index (Phi) is 5.73. The second-order valence-electron chi connectivity index (χ2n) is 5.76. The van der Waals surface area contributed by atoms with Crippen LogP contribution in [0.25, 0.3) is 11.1 Å². The lowest BCUT2D eigenvalue weighted by molar-refractivity contribution is 0.0924. The van der Waals surface area contributed by atoms with E-state index in [2.05, 4.69) is 20.8 Å². The van der Waals surface area contributed by atoms with Gasteiger partial charge in [0.1, 0.15) is 5.69 Å². The number of nitrogens with one attached hydrogen (secondary N) is 3. The first-order chi connectivity index (χ1) is 13.1. The first-order valence-electron chi connectivity index (χ1n) is 8.41. The van der Waals surface area contributed by atoms with Crippen molar-refractivity contribution in [3.63, 3.8) is 0 Å². The Hall–Kier alpha value is -3.74. The van der Waals surface area contributed by atoms with E-state index in [1.165, 1.54) is 12.1 Å². The summed E-state index contributed by atoms with van der Waals surface area (Å²) in [7, 11) is 0. The second-order valence-corrected chi connectivity index (χ2v) is 5.76. The molecule has 1 heterocycles. The third kappa shape index (κ3) is 4.88. The van der Waals surface area contributed by atoms with E-state index in [0.717, 1.165) is 11.1 Å². The molecule has 0 aliphatic rings. The molecule has 27 heavy (non-hydrogen) atoms. The van der Waals surface area contributed by atoms with Crippen LogP contribution >= 0.6 is 0 Å². The van der Waals surface area contributed by atoms with E-state index in [9.17, 15) is 14.4 Å². The molecule has 136 valence electrons. The van der Waals surface area contributed by atoms with Crippen LogP contribution in [-0.4, -0.2) is 35.1 Å². The van der Waals surface area contributed by atoms with Gasteiger partial charge in [0.2, 0.25) is 0 Å². The Morgan fingerprint density at radius 2 is 1.41 bits per heavy atom. The molecule has 0 atom stereocenters. The van der Waals surface area contributed by atoms with E-state index in [1.807, 2.05) is 42.5 Å². The fourth-order valence-electron chi connectivity index (χ4n) is 2.46. The summed E-state index contributed by atoms with van der Waals surface area (Å²) in [4.78, 5) is 34.9. The van der Waals surface area contributed by atoms with Crippen molar-refractivity contribution in [2.45, 2.75) is 0 Å². The van der Waals surface area contributed by atoms with Gasteiger partial charge in [-0.1, -0.05) is 42.5 Å². The fourth-order valence-corrected chi connectivity index (χ4v) is 2.46. The summed E-state index contributed by atoms with van der Waals surface area (Å²) in [6.45, 7) is 0.516. The van der Waals surface area contributed by atoms with Gasteiger partial charge >= 0.3 is 0 Å². The van der Waals surface area contributed by atoms with Crippen LogP contribution in [0.3, 0.4) is 0 Å². The van der Waals surface area contributed by atoms with Gasteiger partial charge in [-0.3, -0.25) is 14.4 Å². The number of aromatic amines is 1. The minimum Gasteiger partial charge on any atom is -0.350 e. The Balaban J connectivity index is 1.47. The zero-order valence-corrected chi connectivity index (χ0v) is 14.4. The average Bonchev–Trinajstić information content (AvgIpc) is 2.72. The summed E-state index contributed by atoms with van der Waals surface area (Å²) in [6.07, 6.45) is 0. The molecule has 3 N–H and O–H groups in total. The van der Waals surface area contributed by atoms with Crippen molar-refractivity contribution < 1.29 is 9.59 Å². The van der Waals surface area contributed by atoms with Gasteiger partial charge in [0.05, 0.1) is 0 Å². The molecule has 3 rings (SSSR count). The molecular weight excluding hydrogens is 344 g/mol. The maximum atomic E-state index is 12.2. The van der Waals surface area contributed by atoms with Crippen LogP contribution in [0.2, 0.25) is 0 Å². The summed E-state index contributed by atoms with van der Waals surface area (Å²) in [5.41, 5.74) is 2.40. The largest absolute Gasteiger partial charge is 0.350 e. The lowest BCUT2D eigenvalue weighted by Gasteiger charge is -2.08. The lowest BCUT2D eigenvalue weighted by Crippen LogP contribution is -2.35. The van der Waals surface area contributed by atoms with E-state index in [4.69, 9.17) is 0 Å². The minimum absolute atomic E-state index is 0.109. The molecule has 1 aromatic heterocycles. The van der Waals surface area contributed by atoms with Crippen molar-refractivity contribution in [2.75, 3.05) is 13.1 Å². The van der Waals surface area contributed by atoms with Gasteiger partial charge in [0.15, 0.2) is 0 Å². The zero-order chi connectivity index (χ0) is 19.1. The second kappa shape index (κ2) is 8.57. The monoisotopic (exact) mass is 362 g/mol. The maximum absolute atomic E-state index is 12.2. The predicted molar refractivity (Wildman–Crippen MR) is 101 cm³/mol. The van der Waals surface area contributed by atoms with Crippen molar-refractivity contribution in [2.24, 2.45) is 0 Å². The third-order valence-corrected chi connectivity index (χ3v) is 3.86. The minimum atomic E-state index is -0.423. The van der Waals surface area contributed by atoms with Gasteiger partial charge in [-0.25, -0.2) is 5.10 Å². The molecule has 7 heteroatoms. The Morgan fingerprint density at radius 3 is 2.04 bits per heavy atom. The molecule has 0 bridgehead atoms. The van der Waals surface area contributed by atoms with Crippen molar-refractivity contribution in [3.8, 4) is 11.1 Å². The average molecular weight is 362 g/mol. The Morgan fingerprint density at radius 1 is 0.778 bits per heavy atom. The number of carbonyl (C=O) groups is 2. The molecule has 0 spiro atoms. The number of H-pyrrole nitrogens is 1. The van der Waals surface area contributed by atoms with Crippen LogP contribution in [-0.2, 0) is 0 Å². The van der Waals surface area contributed by atoms with Gasteiger partial charge in [-0.2, -0.15) is 5.10 Å². The fraction of sp³-hybridized carbons (Fsp3) is 0.100. The van der Waals surface area contributed by atoms with Crippen molar-refractivity contribution in [3.05, 3.63) is 88.3 Å². The standard InChI is InChI=1S/C20H18N4O3/c25-18-11-10-17(23-24-18)20(27)22-13-12-21-19(26)16-8-6-15(7-9-16)14-4-2-1-3-5-14/h1-11H,12-13H2,(H,21,26)(H,22,27)(H,24,25). The van der Waals surface area contributed by atoms with Crippen LogP contribution in [0.5, 0.6) is 0 Å². The van der Waals surface area contributed by atoms with Crippen LogP contribution in [0.1, 0.15) is 20.8 Å². The summed E-state index contributed by atoms with van der Waals surface area (Å²) < 4.78 is 0. The molecular formula is C20H18N4O3. The highest BCUT2D eigenvalue weighted by molar-refractivity contribution is 5.95. The van der Waals surface area contributed by atoms with Gasteiger partial charge in [-0.15, -0.1) is 0 Å². The normalized spacial score (nSPS) is 10.2. The molecule has 3 aromatic rings. The summed E-state index contributed by atoms with van der Waals surface area (Å²) in [5.74, 6) is -0.640. The highest BCUT2D eigenvalue weighted by Crippen LogP contribution is 2.19. The van der Waals surface area contributed by atoms with E-state index < -0.39 is 5.91 Å². The highest BCUT2D eigenvalue weighted by Gasteiger charge is 2.08. The molecule has 0 saturated carbocycles. The predicted octanol–water partition coefficient (Wildman–Crippen LogP) is 1.60. The number of benzene rings is 2. The molecule has 0 saturated heterocycles. The number of hydrogen-bond acceptors (Lipinski definition) is 4. The molecule has 0 radical (unpaired) electrons. The van der Waals surface area contributed by atoms with Crippen molar-refractivity contribution >= 4 is 11.8 Å². The first-order valence-corrected chi connectivity index (χ1v) is 8.41.